The molecule has 3 N–H and O–H groups in total. The van der Waals surface area contributed by atoms with Gasteiger partial charge in [0.15, 0.2) is 0 Å². The number of rotatable bonds is 6. The van der Waals surface area contributed by atoms with Crippen molar-refractivity contribution in [3.8, 4) is 0 Å². The van der Waals surface area contributed by atoms with Crippen LogP contribution in [0.4, 0.5) is 0 Å². The van der Waals surface area contributed by atoms with Gasteiger partial charge < -0.3 is 15.3 Å². The number of fused-ring (bicyclic) bond motifs is 1. The highest BCUT2D eigenvalue weighted by Crippen LogP contribution is 2.62. The Labute approximate surface area is 150 Å². The van der Waals surface area contributed by atoms with Crippen LogP contribution in [0.5, 0.6) is 0 Å². The highest BCUT2D eigenvalue weighted by atomic mass is 16.4. The molecule has 5 heteroatoms. The molecule has 0 aromatic carbocycles. The summed E-state index contributed by atoms with van der Waals surface area (Å²) in [7, 11) is 0. The molecule has 25 heavy (non-hydrogen) atoms. The molecule has 2 aliphatic carbocycles. The van der Waals surface area contributed by atoms with Crippen molar-refractivity contribution in [2.75, 3.05) is 0 Å². The lowest BCUT2D eigenvalue weighted by Gasteiger charge is -2.58. The van der Waals surface area contributed by atoms with E-state index in [1.54, 1.807) is 0 Å². The number of hydrogen-bond acceptors (Lipinski definition) is 3. The van der Waals surface area contributed by atoms with E-state index in [9.17, 15) is 19.8 Å². The maximum absolute atomic E-state index is 12.0. The van der Waals surface area contributed by atoms with Crippen LogP contribution >= 0.6 is 0 Å². The highest BCUT2D eigenvalue weighted by Gasteiger charge is 2.59. The van der Waals surface area contributed by atoms with Crippen LogP contribution in [-0.2, 0) is 9.59 Å². The lowest BCUT2D eigenvalue weighted by Crippen LogP contribution is -2.56. The Morgan fingerprint density at radius 3 is 2.48 bits per heavy atom. The minimum Gasteiger partial charge on any atom is -0.481 e. The van der Waals surface area contributed by atoms with E-state index in [0.29, 0.717) is 12.8 Å². The first-order valence-electron chi connectivity index (χ1n) is 9.34. The van der Waals surface area contributed by atoms with Gasteiger partial charge in [-0.25, -0.2) is 0 Å². The second-order valence-electron chi connectivity index (χ2n) is 8.79. The van der Waals surface area contributed by atoms with Crippen LogP contribution in [0, 0.1) is 28.6 Å². The molecule has 2 rings (SSSR count). The predicted octanol–water partition coefficient (Wildman–Crippen LogP) is 3.71. The molecule has 2 aliphatic rings. The number of aliphatic carboxylic acids is 2. The number of aliphatic hydroxyl groups is 1. The van der Waals surface area contributed by atoms with Crippen LogP contribution in [0.3, 0.4) is 0 Å². The zero-order valence-corrected chi connectivity index (χ0v) is 15.6. The quantitative estimate of drug-likeness (QED) is 0.633. The number of carboxylic acids is 2. The molecule has 6 atom stereocenters. The van der Waals surface area contributed by atoms with E-state index in [4.69, 9.17) is 5.11 Å². The molecular weight excluding hydrogens is 320 g/mol. The third-order valence-corrected chi connectivity index (χ3v) is 7.07. The smallest absolute Gasteiger partial charge is 0.309 e. The van der Waals surface area contributed by atoms with Gasteiger partial charge in [-0.1, -0.05) is 26.8 Å². The summed E-state index contributed by atoms with van der Waals surface area (Å²) < 4.78 is 0. The number of carboxylic acid groups (broad SMARTS) is 2. The first-order chi connectivity index (χ1) is 11.5. The number of aliphatic hydroxyl groups excluding tert-OH is 1. The summed E-state index contributed by atoms with van der Waals surface area (Å²) in [5.41, 5.74) is -0.222. The fourth-order valence-electron chi connectivity index (χ4n) is 5.51. The maximum Gasteiger partial charge on any atom is 0.309 e. The first kappa shape index (κ1) is 20.0. The van der Waals surface area contributed by atoms with Crippen LogP contribution in [0.15, 0.2) is 12.2 Å². The zero-order chi connectivity index (χ0) is 19.0. The average molecular weight is 352 g/mol. The molecule has 0 aromatic rings. The van der Waals surface area contributed by atoms with Crippen molar-refractivity contribution in [1.29, 1.82) is 0 Å². The van der Waals surface area contributed by atoms with Gasteiger partial charge in [0.05, 0.1) is 11.5 Å². The van der Waals surface area contributed by atoms with Crippen LogP contribution in [0.25, 0.3) is 0 Å². The molecule has 0 saturated heterocycles. The molecule has 0 heterocycles. The standard InChI is InChI=1S/C20H32O5/c1-12(10-17(22)23)6-7-14-13(2)15(21)11-16-19(14,3)8-5-9-20(16,4)18(24)25/h12,14-16,21H,2,5-11H2,1,3-4H3,(H,22,23)(H,24,25)/t12-,14-,15+,16+,19+,20+/m0/s1. The molecule has 0 bridgehead atoms. The molecule has 0 spiro atoms. The van der Waals surface area contributed by atoms with Crippen molar-refractivity contribution in [1.82, 2.24) is 0 Å². The molecule has 0 aliphatic heterocycles. The van der Waals surface area contributed by atoms with Crippen molar-refractivity contribution in [2.45, 2.75) is 71.8 Å². The van der Waals surface area contributed by atoms with Gasteiger partial charge in [-0.05, 0) is 67.8 Å². The summed E-state index contributed by atoms with van der Waals surface area (Å²) in [6.45, 7) is 10.0. The summed E-state index contributed by atoms with van der Waals surface area (Å²) in [5, 5.41) is 29.3. The summed E-state index contributed by atoms with van der Waals surface area (Å²) in [4.78, 5) is 22.9. The SMILES string of the molecule is C=C1[C@H](O)C[C@@H]2[C@](C)(CCC[C@@]2(C)C(=O)O)[C@H]1CC[C@H](C)CC(=O)O. The second kappa shape index (κ2) is 7.10. The fraction of sp³-hybridized carbons (Fsp3) is 0.800. The van der Waals surface area contributed by atoms with Gasteiger partial charge in [0.25, 0.3) is 0 Å². The third-order valence-electron chi connectivity index (χ3n) is 7.07. The van der Waals surface area contributed by atoms with Crippen LogP contribution in [0.2, 0.25) is 0 Å². The van der Waals surface area contributed by atoms with Gasteiger partial charge in [-0.15, -0.1) is 0 Å². The second-order valence-corrected chi connectivity index (χ2v) is 8.79. The minimum atomic E-state index is -0.820. The topological polar surface area (TPSA) is 94.8 Å². The Hall–Kier alpha value is -1.36. The monoisotopic (exact) mass is 352 g/mol. The van der Waals surface area contributed by atoms with Crippen molar-refractivity contribution in [2.24, 2.45) is 28.6 Å². The minimum absolute atomic E-state index is 0.0384. The Kier molecular flexibility index (Phi) is 5.67. The Bertz CT molecular complexity index is 556. The van der Waals surface area contributed by atoms with Crippen molar-refractivity contribution >= 4 is 11.9 Å². The predicted molar refractivity (Wildman–Crippen MR) is 95.1 cm³/mol. The molecule has 0 amide bonds. The molecule has 2 fully saturated rings. The summed E-state index contributed by atoms with van der Waals surface area (Å²) in [5.74, 6) is -1.57. The number of carbonyl (C=O) groups is 2. The van der Waals surface area contributed by atoms with E-state index >= 15 is 0 Å². The van der Waals surface area contributed by atoms with Crippen molar-refractivity contribution in [3.63, 3.8) is 0 Å². The fourth-order valence-corrected chi connectivity index (χ4v) is 5.51. The van der Waals surface area contributed by atoms with E-state index in [1.807, 2.05) is 13.8 Å². The lowest BCUT2D eigenvalue weighted by molar-refractivity contribution is -0.167. The van der Waals surface area contributed by atoms with Crippen LogP contribution in [-0.4, -0.2) is 33.4 Å². The lowest BCUT2D eigenvalue weighted by atomic mass is 9.46. The largest absolute Gasteiger partial charge is 0.481 e. The van der Waals surface area contributed by atoms with Gasteiger partial charge in [0.1, 0.15) is 0 Å². The Morgan fingerprint density at radius 2 is 1.92 bits per heavy atom. The van der Waals surface area contributed by atoms with Crippen LogP contribution < -0.4 is 0 Å². The molecule has 0 aromatic heterocycles. The summed E-state index contributed by atoms with van der Waals surface area (Å²) in [6.07, 6.45) is 3.86. The van der Waals surface area contributed by atoms with Gasteiger partial charge in [0.2, 0.25) is 0 Å². The van der Waals surface area contributed by atoms with E-state index in [1.165, 1.54) is 0 Å². The van der Waals surface area contributed by atoms with Crippen molar-refractivity contribution < 1.29 is 24.9 Å². The van der Waals surface area contributed by atoms with Crippen LogP contribution in [0.1, 0.15) is 65.7 Å². The van der Waals surface area contributed by atoms with Gasteiger partial charge in [0, 0.05) is 6.42 Å². The third kappa shape index (κ3) is 3.62. The highest BCUT2D eigenvalue weighted by molar-refractivity contribution is 5.75. The van der Waals surface area contributed by atoms with Crippen molar-refractivity contribution in [3.05, 3.63) is 12.2 Å². The van der Waals surface area contributed by atoms with Gasteiger partial charge in [-0.2, -0.15) is 0 Å². The Balaban J connectivity index is 2.26. The first-order valence-corrected chi connectivity index (χ1v) is 9.34. The maximum atomic E-state index is 12.0. The molecule has 0 unspecified atom stereocenters. The van der Waals surface area contributed by atoms with E-state index < -0.39 is 23.5 Å². The molecule has 0 radical (unpaired) electrons. The van der Waals surface area contributed by atoms with Gasteiger partial charge in [-0.3, -0.25) is 9.59 Å². The normalized spacial score (nSPS) is 39.5. The summed E-state index contributed by atoms with van der Waals surface area (Å²) >= 11 is 0. The number of hydrogen-bond donors (Lipinski definition) is 3. The van der Waals surface area contributed by atoms with E-state index in [2.05, 4.69) is 13.5 Å². The zero-order valence-electron chi connectivity index (χ0n) is 15.6. The summed E-state index contributed by atoms with van der Waals surface area (Å²) in [6, 6.07) is 0. The molecule has 2 saturated carbocycles. The van der Waals surface area contributed by atoms with Gasteiger partial charge >= 0.3 is 11.9 Å². The van der Waals surface area contributed by atoms with E-state index in [0.717, 1.165) is 31.3 Å². The molecule has 5 nitrogen and oxygen atoms in total. The molecule has 142 valence electrons. The Morgan fingerprint density at radius 1 is 1.28 bits per heavy atom. The average Bonchev–Trinajstić information content (AvgIpc) is 2.49. The molecular formula is C20H32O5. The van der Waals surface area contributed by atoms with E-state index in [-0.39, 0.29) is 29.6 Å².